The van der Waals surface area contributed by atoms with Crippen molar-refractivity contribution in [3.05, 3.63) is 44.6 Å². The normalized spacial score (nSPS) is 10.3. The molecule has 0 amide bonds. The Morgan fingerprint density at radius 2 is 2.00 bits per heavy atom. The summed E-state index contributed by atoms with van der Waals surface area (Å²) >= 11 is 13.8. The number of rotatable bonds is 3. The number of benzene rings is 1. The van der Waals surface area contributed by atoms with E-state index >= 15 is 0 Å². The van der Waals surface area contributed by atoms with Crippen molar-refractivity contribution in [3.8, 4) is 11.5 Å². The third-order valence-electron chi connectivity index (χ3n) is 2.32. The fourth-order valence-electron chi connectivity index (χ4n) is 1.42. The van der Waals surface area contributed by atoms with Crippen LogP contribution in [-0.4, -0.2) is 26.8 Å². The quantitative estimate of drug-likeness (QED) is 0.386. The van der Waals surface area contributed by atoms with E-state index in [0.717, 1.165) is 0 Å². The second-order valence-corrected chi connectivity index (χ2v) is 5.35. The van der Waals surface area contributed by atoms with Crippen LogP contribution in [-0.2, 0) is 0 Å². The Hall–Kier alpha value is -1.49. The summed E-state index contributed by atoms with van der Waals surface area (Å²) in [5.74, 6) is 0.194. The Kier molecular flexibility index (Phi) is 4.38. The van der Waals surface area contributed by atoms with Gasteiger partial charge in [0.2, 0.25) is 0 Å². The molecule has 0 bridgehead atoms. The first kappa shape index (κ1) is 14.9. The Morgan fingerprint density at radius 1 is 1.30 bits per heavy atom. The van der Waals surface area contributed by atoms with E-state index in [1.54, 1.807) is 0 Å². The molecule has 0 aliphatic carbocycles. The fourth-order valence-corrected chi connectivity index (χ4v) is 2.39. The molecular weight excluding hydrogens is 368 g/mol. The van der Waals surface area contributed by atoms with Gasteiger partial charge in [0.1, 0.15) is 0 Å². The molecule has 1 aromatic carbocycles. The summed E-state index contributed by atoms with van der Waals surface area (Å²) in [6, 6.07) is 4.18. The van der Waals surface area contributed by atoms with Gasteiger partial charge in [-0.15, -0.1) is 0 Å². The van der Waals surface area contributed by atoms with Crippen molar-refractivity contribution in [2.24, 2.45) is 0 Å². The molecule has 0 spiro atoms. The molecule has 2 N–H and O–H groups in total. The molecule has 2 aromatic rings. The molecule has 2 radical (unpaired) electrons. The van der Waals surface area contributed by atoms with Crippen molar-refractivity contribution in [2.75, 3.05) is 5.73 Å². The number of anilines is 1. The number of aromatic nitrogens is 1. The van der Waals surface area contributed by atoms with Gasteiger partial charge in [0.05, 0.1) is 0 Å². The molecule has 0 aliphatic heterocycles. The number of hydrogen-bond acceptors (Lipinski definition) is 5. The van der Waals surface area contributed by atoms with Gasteiger partial charge in [0.15, 0.2) is 0 Å². The minimum absolute atomic E-state index is 0.0178. The van der Waals surface area contributed by atoms with Gasteiger partial charge in [0, 0.05) is 0 Å². The summed E-state index contributed by atoms with van der Waals surface area (Å²) in [5, 5.41) is 11.5. The van der Waals surface area contributed by atoms with E-state index in [0.29, 0.717) is 0 Å². The summed E-state index contributed by atoms with van der Waals surface area (Å²) in [4.78, 5) is 14.3. The van der Waals surface area contributed by atoms with E-state index < -0.39 is 4.92 Å². The number of pyridine rings is 1. The van der Waals surface area contributed by atoms with Crippen LogP contribution in [0.2, 0.25) is 10.0 Å². The molecule has 0 saturated heterocycles. The molecule has 9 heteroatoms. The van der Waals surface area contributed by atoms with E-state index in [-0.39, 0.29) is 37.4 Å². The van der Waals surface area contributed by atoms with Crippen LogP contribution in [0.15, 0.2) is 24.4 Å². The fraction of sp³-hybridized carbons (Fsp3) is 0. The second kappa shape index (κ2) is 5.87. The topological polar surface area (TPSA) is 91.3 Å². The van der Waals surface area contributed by atoms with Gasteiger partial charge in [-0.2, -0.15) is 0 Å². The number of nitrogens with zero attached hydrogens (tertiary/aromatic N) is 2. The molecule has 2 rings (SSSR count). The average molecular weight is 374 g/mol. The molecule has 0 saturated carbocycles. The van der Waals surface area contributed by atoms with E-state index in [2.05, 4.69) is 4.98 Å². The van der Waals surface area contributed by atoms with Gasteiger partial charge in [0.25, 0.3) is 0 Å². The first-order valence-electron chi connectivity index (χ1n) is 5.15. The first-order chi connectivity index (χ1) is 9.40. The van der Waals surface area contributed by atoms with Crippen LogP contribution < -0.4 is 15.0 Å². The van der Waals surface area contributed by atoms with Gasteiger partial charge in [-0.25, -0.2) is 0 Å². The van der Waals surface area contributed by atoms with Crippen LogP contribution in [0.3, 0.4) is 0 Å². The predicted molar refractivity (Wildman–Crippen MR) is 77.2 cm³/mol. The van der Waals surface area contributed by atoms with E-state index in [1.807, 2.05) is 16.9 Å². The molecule has 0 fully saturated rings. The monoisotopic (exact) mass is 373 g/mol. The Morgan fingerprint density at radius 3 is 2.65 bits per heavy atom. The zero-order valence-electron chi connectivity index (χ0n) is 9.71. The number of nitrogen functional groups attached to an aromatic ring is 1. The van der Waals surface area contributed by atoms with Crippen LogP contribution in [0.25, 0.3) is 0 Å². The van der Waals surface area contributed by atoms with Gasteiger partial charge in [-0.3, -0.25) is 0 Å². The SMILES string of the molecule is Nc1cc(Oc2ccnc([As])c2[N+](=O)[O-])c(Cl)cc1Cl. The number of nitrogens with two attached hydrogens (primary N) is 1. The van der Waals surface area contributed by atoms with E-state index in [4.69, 9.17) is 33.7 Å². The summed E-state index contributed by atoms with van der Waals surface area (Å²) in [5.41, 5.74) is 5.66. The molecule has 1 aromatic heterocycles. The Balaban J connectivity index is 2.48. The molecule has 1 heterocycles. The first-order valence-corrected chi connectivity index (χ1v) is 6.84. The summed E-state index contributed by atoms with van der Waals surface area (Å²) in [6.07, 6.45) is 1.39. The van der Waals surface area contributed by atoms with Crippen molar-refractivity contribution in [1.82, 2.24) is 4.98 Å². The predicted octanol–water partition coefficient (Wildman–Crippen LogP) is 2.46. The van der Waals surface area contributed by atoms with E-state index in [1.165, 1.54) is 24.4 Å². The molecule has 0 atom stereocenters. The number of hydrogen-bond donors (Lipinski definition) is 1. The maximum absolute atomic E-state index is 11.0. The standard InChI is InChI=1S/C11H6AsCl2N3O3/c12-11-10(17(18)19)8(1-2-16-11)20-9-4-7(15)5(13)3-6(9)14/h1-4H,15H2. The van der Waals surface area contributed by atoms with Gasteiger partial charge >= 0.3 is 132 Å². The van der Waals surface area contributed by atoms with Crippen LogP contribution in [0.4, 0.5) is 11.4 Å². The Labute approximate surface area is 132 Å². The van der Waals surface area contributed by atoms with Crippen molar-refractivity contribution in [3.63, 3.8) is 0 Å². The number of ether oxygens (including phenoxy) is 1. The second-order valence-electron chi connectivity index (χ2n) is 3.64. The third-order valence-corrected chi connectivity index (χ3v) is 3.63. The summed E-state index contributed by atoms with van der Waals surface area (Å²) < 4.78 is 5.63. The van der Waals surface area contributed by atoms with Crippen LogP contribution in [0, 0.1) is 10.1 Å². The molecule has 20 heavy (non-hydrogen) atoms. The summed E-state index contributed by atoms with van der Waals surface area (Å²) in [7, 11) is 0. The van der Waals surface area contributed by atoms with E-state index in [9.17, 15) is 10.1 Å². The van der Waals surface area contributed by atoms with Crippen LogP contribution >= 0.6 is 23.2 Å². The molecule has 6 nitrogen and oxygen atoms in total. The zero-order chi connectivity index (χ0) is 14.9. The van der Waals surface area contributed by atoms with Crippen molar-refractivity contribution < 1.29 is 9.66 Å². The Bertz CT molecular complexity index is 697. The molecule has 0 aliphatic rings. The molecule has 102 valence electrons. The number of halogens is 2. The van der Waals surface area contributed by atoms with Crippen molar-refractivity contribution in [2.45, 2.75) is 0 Å². The van der Waals surface area contributed by atoms with Gasteiger partial charge < -0.3 is 0 Å². The van der Waals surface area contributed by atoms with Crippen LogP contribution in [0.5, 0.6) is 11.5 Å². The van der Waals surface area contributed by atoms with Crippen molar-refractivity contribution in [1.29, 1.82) is 0 Å². The van der Waals surface area contributed by atoms with Crippen LogP contribution in [0.1, 0.15) is 0 Å². The van der Waals surface area contributed by atoms with Crippen molar-refractivity contribution >= 4 is 55.9 Å². The van der Waals surface area contributed by atoms with Gasteiger partial charge in [-0.05, 0) is 0 Å². The average Bonchev–Trinajstić information content (AvgIpc) is 2.35. The minimum atomic E-state index is -0.580. The van der Waals surface area contributed by atoms with Gasteiger partial charge in [-0.1, -0.05) is 0 Å². The zero-order valence-corrected chi connectivity index (χ0v) is 13.1. The number of nitro groups is 1. The molecular formula is C11H6AsCl2N3O3. The maximum atomic E-state index is 11.0. The summed E-state index contributed by atoms with van der Waals surface area (Å²) in [6.45, 7) is 0. The molecule has 0 unspecified atom stereocenters. The third kappa shape index (κ3) is 2.98.